The molecule has 0 aliphatic carbocycles. The summed E-state index contributed by atoms with van der Waals surface area (Å²) in [6, 6.07) is 2.42. The van der Waals surface area contributed by atoms with Crippen molar-refractivity contribution in [2.45, 2.75) is 0 Å². The third-order valence-electron chi connectivity index (χ3n) is 1.58. The molecule has 0 radical (unpaired) electrons. The van der Waals surface area contributed by atoms with Gasteiger partial charge in [0.05, 0.1) is 17.1 Å². The summed E-state index contributed by atoms with van der Waals surface area (Å²) in [5.74, 6) is -1.18. The fourth-order valence-corrected chi connectivity index (χ4v) is 1.20. The second-order valence-corrected chi connectivity index (χ2v) is 3.14. The Morgan fingerprint density at radius 2 is 2.08 bits per heavy atom. The van der Waals surface area contributed by atoms with Gasteiger partial charge in [-0.05, 0) is 28.1 Å². The third-order valence-corrected chi connectivity index (χ3v) is 2.31. The maximum atomic E-state index is 13.3. The van der Waals surface area contributed by atoms with Crippen LogP contribution in [0.15, 0.2) is 23.2 Å². The van der Waals surface area contributed by atoms with Crippen LogP contribution in [0.2, 0.25) is 0 Å². The highest BCUT2D eigenvalue weighted by molar-refractivity contribution is 9.10. The number of benzene rings is 1. The highest BCUT2D eigenvalue weighted by Gasteiger charge is 2.13. The first-order chi connectivity index (χ1) is 6.07. The second kappa shape index (κ2) is 3.87. The lowest BCUT2D eigenvalue weighted by Crippen LogP contribution is -1.94. The van der Waals surface area contributed by atoms with Crippen LogP contribution in [-0.2, 0) is 4.74 Å². The topological polar surface area (TPSA) is 9.23 Å². The van der Waals surface area contributed by atoms with Crippen molar-refractivity contribution >= 4 is 21.7 Å². The van der Waals surface area contributed by atoms with E-state index in [2.05, 4.69) is 22.5 Å². The van der Waals surface area contributed by atoms with Gasteiger partial charge in [0.2, 0.25) is 0 Å². The number of methoxy groups -OCH3 is 1. The molecular formula is C9H7BrF2O. The summed E-state index contributed by atoms with van der Waals surface area (Å²) in [6.45, 7) is 3.47. The van der Waals surface area contributed by atoms with Gasteiger partial charge in [-0.3, -0.25) is 0 Å². The molecule has 1 rings (SSSR count). The zero-order chi connectivity index (χ0) is 10.0. The molecule has 1 aromatic carbocycles. The summed E-state index contributed by atoms with van der Waals surface area (Å²) in [5, 5.41) is 0. The van der Waals surface area contributed by atoms with Crippen molar-refractivity contribution in [3.63, 3.8) is 0 Å². The molecule has 0 aromatic heterocycles. The van der Waals surface area contributed by atoms with Gasteiger partial charge in [-0.2, -0.15) is 0 Å². The Hall–Kier alpha value is -0.900. The van der Waals surface area contributed by atoms with Crippen molar-refractivity contribution in [2.24, 2.45) is 0 Å². The first kappa shape index (κ1) is 10.2. The normalized spacial score (nSPS) is 9.85. The molecule has 4 heteroatoms. The minimum Gasteiger partial charge on any atom is -0.497 e. The van der Waals surface area contributed by atoms with Crippen LogP contribution in [0.25, 0.3) is 5.76 Å². The fourth-order valence-electron chi connectivity index (χ4n) is 0.851. The lowest BCUT2D eigenvalue weighted by atomic mass is 10.2. The maximum absolute atomic E-state index is 13.3. The van der Waals surface area contributed by atoms with E-state index in [9.17, 15) is 8.78 Å². The Morgan fingerprint density at radius 3 is 2.62 bits per heavy atom. The minimum absolute atomic E-state index is 0.149. The zero-order valence-corrected chi connectivity index (χ0v) is 8.49. The van der Waals surface area contributed by atoms with E-state index in [1.807, 2.05) is 0 Å². The molecule has 0 bridgehead atoms. The summed E-state index contributed by atoms with van der Waals surface area (Å²) in [5.41, 5.74) is 0.149. The smallest absolute Gasteiger partial charge is 0.151 e. The van der Waals surface area contributed by atoms with Crippen LogP contribution in [-0.4, -0.2) is 7.11 Å². The van der Waals surface area contributed by atoms with Crippen LogP contribution in [0.5, 0.6) is 0 Å². The third kappa shape index (κ3) is 1.88. The van der Waals surface area contributed by atoms with Crippen LogP contribution in [0.4, 0.5) is 8.78 Å². The average molecular weight is 249 g/mol. The predicted molar refractivity (Wildman–Crippen MR) is 50.1 cm³/mol. The molecule has 0 saturated heterocycles. The van der Waals surface area contributed by atoms with E-state index in [0.29, 0.717) is 0 Å². The zero-order valence-electron chi connectivity index (χ0n) is 6.90. The molecule has 13 heavy (non-hydrogen) atoms. The second-order valence-electron chi connectivity index (χ2n) is 2.35. The van der Waals surface area contributed by atoms with E-state index in [0.717, 1.165) is 6.07 Å². The van der Waals surface area contributed by atoms with Gasteiger partial charge in [0.1, 0.15) is 11.6 Å². The quantitative estimate of drug-likeness (QED) is 0.576. The Labute approximate surface area is 83.1 Å². The van der Waals surface area contributed by atoms with Gasteiger partial charge < -0.3 is 4.74 Å². The Morgan fingerprint density at radius 1 is 1.46 bits per heavy atom. The summed E-state index contributed by atoms with van der Waals surface area (Å²) >= 11 is 2.78. The summed E-state index contributed by atoms with van der Waals surface area (Å²) < 4.78 is 30.6. The van der Waals surface area contributed by atoms with Crippen LogP contribution >= 0.6 is 15.9 Å². The molecule has 0 unspecified atom stereocenters. The monoisotopic (exact) mass is 248 g/mol. The first-order valence-electron chi connectivity index (χ1n) is 3.44. The van der Waals surface area contributed by atoms with Crippen LogP contribution in [0.1, 0.15) is 5.56 Å². The van der Waals surface area contributed by atoms with Gasteiger partial charge in [-0.25, -0.2) is 8.78 Å². The molecule has 0 N–H and O–H groups in total. The molecule has 0 heterocycles. The number of ether oxygens (including phenoxy) is 1. The largest absolute Gasteiger partial charge is 0.497 e. The van der Waals surface area contributed by atoms with E-state index in [4.69, 9.17) is 4.74 Å². The van der Waals surface area contributed by atoms with Crippen LogP contribution in [0, 0.1) is 11.6 Å². The Balaban J connectivity index is 3.26. The predicted octanol–water partition coefficient (Wildman–Crippen LogP) is 3.34. The highest BCUT2D eigenvalue weighted by atomic mass is 79.9. The van der Waals surface area contributed by atoms with Gasteiger partial charge >= 0.3 is 0 Å². The SMILES string of the molecule is C=C(OC)c1ccc(F)c(Br)c1F. The maximum Gasteiger partial charge on any atom is 0.151 e. The van der Waals surface area contributed by atoms with Crippen molar-refractivity contribution in [1.29, 1.82) is 0 Å². The molecule has 0 spiro atoms. The Kier molecular flexibility index (Phi) is 3.03. The first-order valence-corrected chi connectivity index (χ1v) is 4.24. The summed E-state index contributed by atoms with van der Waals surface area (Å²) in [7, 11) is 1.37. The van der Waals surface area contributed by atoms with Gasteiger partial charge in [-0.15, -0.1) is 0 Å². The van der Waals surface area contributed by atoms with Crippen molar-refractivity contribution in [3.8, 4) is 0 Å². The van der Waals surface area contributed by atoms with Gasteiger partial charge in [0.15, 0.2) is 5.82 Å². The van der Waals surface area contributed by atoms with Crippen molar-refractivity contribution in [2.75, 3.05) is 7.11 Å². The average Bonchev–Trinajstić information content (AvgIpc) is 2.13. The lowest BCUT2D eigenvalue weighted by Gasteiger charge is -2.06. The number of hydrogen-bond donors (Lipinski definition) is 0. The van der Waals surface area contributed by atoms with Crippen molar-refractivity contribution in [3.05, 3.63) is 40.4 Å². The van der Waals surface area contributed by atoms with Crippen LogP contribution in [0.3, 0.4) is 0 Å². The molecule has 0 aliphatic rings. The molecule has 0 amide bonds. The fraction of sp³-hybridized carbons (Fsp3) is 0.111. The standard InChI is InChI=1S/C9H7BrF2O/c1-5(13-2)6-3-4-7(11)8(10)9(6)12/h3-4H,1H2,2H3. The molecular weight excluding hydrogens is 242 g/mol. The molecule has 0 saturated carbocycles. The number of rotatable bonds is 2. The van der Waals surface area contributed by atoms with E-state index in [1.54, 1.807) is 0 Å². The van der Waals surface area contributed by atoms with E-state index >= 15 is 0 Å². The highest BCUT2D eigenvalue weighted by Crippen LogP contribution is 2.26. The number of halogens is 3. The van der Waals surface area contributed by atoms with Crippen molar-refractivity contribution in [1.82, 2.24) is 0 Å². The lowest BCUT2D eigenvalue weighted by molar-refractivity contribution is 0.368. The molecule has 0 fully saturated rings. The number of hydrogen-bond acceptors (Lipinski definition) is 1. The summed E-state index contributed by atoms with van der Waals surface area (Å²) in [4.78, 5) is 0. The van der Waals surface area contributed by atoms with Gasteiger partial charge in [0, 0.05) is 0 Å². The van der Waals surface area contributed by atoms with E-state index in [-0.39, 0.29) is 15.8 Å². The molecule has 0 aliphatic heterocycles. The molecule has 1 aromatic rings. The molecule has 1 nitrogen and oxygen atoms in total. The van der Waals surface area contributed by atoms with Gasteiger partial charge in [0.25, 0.3) is 0 Å². The van der Waals surface area contributed by atoms with Gasteiger partial charge in [-0.1, -0.05) is 6.58 Å². The molecule has 70 valence electrons. The van der Waals surface area contributed by atoms with Crippen LogP contribution < -0.4 is 0 Å². The molecule has 0 atom stereocenters. The minimum atomic E-state index is -0.702. The van der Waals surface area contributed by atoms with E-state index in [1.165, 1.54) is 13.2 Å². The van der Waals surface area contributed by atoms with Crippen molar-refractivity contribution < 1.29 is 13.5 Å². The summed E-state index contributed by atoms with van der Waals surface area (Å²) in [6.07, 6.45) is 0. The Bertz CT molecular complexity index is 350. The van der Waals surface area contributed by atoms with E-state index < -0.39 is 11.6 Å².